The van der Waals surface area contributed by atoms with E-state index in [9.17, 15) is 9.18 Å². The number of aromatic nitrogens is 1. The Morgan fingerprint density at radius 2 is 2.06 bits per heavy atom. The second-order valence-corrected chi connectivity index (χ2v) is 9.13. The number of halogens is 1. The molecule has 1 aliphatic carbocycles. The van der Waals surface area contributed by atoms with Crippen LogP contribution in [0.3, 0.4) is 0 Å². The van der Waals surface area contributed by atoms with Gasteiger partial charge in [-0.1, -0.05) is 39.0 Å². The zero-order valence-corrected chi connectivity index (χ0v) is 18.6. The van der Waals surface area contributed by atoms with Gasteiger partial charge in [-0.05, 0) is 23.6 Å². The first-order valence-electron chi connectivity index (χ1n) is 10.8. The number of pyridine rings is 1. The van der Waals surface area contributed by atoms with Gasteiger partial charge in [-0.25, -0.2) is 4.39 Å². The average molecular weight is 432 g/mol. The minimum absolute atomic E-state index is 0.137. The summed E-state index contributed by atoms with van der Waals surface area (Å²) >= 11 is 0. The molecule has 2 aliphatic heterocycles. The number of Topliss-reactive ketones (excluding diaryl/α,β-unsaturated/α-hetero) is 1. The van der Waals surface area contributed by atoms with Crippen molar-refractivity contribution in [1.82, 2.24) is 10.3 Å². The van der Waals surface area contributed by atoms with E-state index in [-0.39, 0.29) is 5.78 Å². The number of nitrogens with one attached hydrogen (secondary N) is 1. The summed E-state index contributed by atoms with van der Waals surface area (Å²) in [6.45, 7) is 6.47. The maximum Gasteiger partial charge on any atom is 0.167 e. The average Bonchev–Trinajstić information content (AvgIpc) is 3.34. The fourth-order valence-electron chi connectivity index (χ4n) is 5.39. The van der Waals surface area contributed by atoms with Crippen LogP contribution in [0, 0.1) is 11.2 Å². The minimum atomic E-state index is -0.670. The first kappa shape index (κ1) is 20.5. The number of methoxy groups -OCH3 is 1. The quantitative estimate of drug-likeness (QED) is 0.731. The van der Waals surface area contributed by atoms with Crippen molar-refractivity contribution in [1.29, 1.82) is 0 Å². The van der Waals surface area contributed by atoms with Crippen molar-refractivity contribution in [3.63, 3.8) is 0 Å². The molecule has 0 amide bonds. The number of azo groups is 1. The third kappa shape index (κ3) is 2.70. The fraction of sp³-hybridized carbons (Fsp3) is 0.360. The van der Waals surface area contributed by atoms with Gasteiger partial charge in [-0.3, -0.25) is 9.78 Å². The van der Waals surface area contributed by atoms with E-state index < -0.39 is 16.6 Å². The molecule has 0 fully saturated rings. The van der Waals surface area contributed by atoms with Gasteiger partial charge in [0, 0.05) is 28.7 Å². The molecule has 0 saturated heterocycles. The molecule has 1 atom stereocenters. The molecule has 1 aromatic carbocycles. The molecule has 2 aromatic rings. The lowest BCUT2D eigenvalue weighted by Gasteiger charge is -2.40. The van der Waals surface area contributed by atoms with E-state index in [1.165, 1.54) is 19.5 Å². The number of hydrogen-bond acceptors (Lipinski definition) is 6. The van der Waals surface area contributed by atoms with Gasteiger partial charge in [0.15, 0.2) is 17.4 Å². The Bertz CT molecular complexity index is 1240. The summed E-state index contributed by atoms with van der Waals surface area (Å²) < 4.78 is 20.2. The highest BCUT2D eigenvalue weighted by atomic mass is 19.1. The summed E-state index contributed by atoms with van der Waals surface area (Å²) in [4.78, 5) is 17.5. The van der Waals surface area contributed by atoms with Gasteiger partial charge < -0.3 is 10.1 Å². The Morgan fingerprint density at radius 1 is 1.25 bits per heavy atom. The van der Waals surface area contributed by atoms with Crippen molar-refractivity contribution < 1.29 is 13.9 Å². The first-order valence-corrected chi connectivity index (χ1v) is 10.8. The Balaban J connectivity index is 1.75. The van der Waals surface area contributed by atoms with Crippen molar-refractivity contribution in [2.45, 2.75) is 39.0 Å². The van der Waals surface area contributed by atoms with E-state index in [0.717, 1.165) is 28.2 Å². The number of carbonyl (C=O) groups excluding carboxylic acids is 1. The third-order valence-electron chi connectivity index (χ3n) is 6.92. The van der Waals surface area contributed by atoms with E-state index in [0.29, 0.717) is 36.3 Å². The van der Waals surface area contributed by atoms with E-state index in [4.69, 9.17) is 4.74 Å². The molecule has 0 radical (unpaired) electrons. The lowest BCUT2D eigenvalue weighted by molar-refractivity contribution is -0.122. The van der Waals surface area contributed by atoms with Gasteiger partial charge in [-0.2, -0.15) is 5.11 Å². The number of dihydropyridines is 1. The van der Waals surface area contributed by atoms with Gasteiger partial charge in [0.05, 0.1) is 37.0 Å². The SMILES string of the molecule is CC[C@@]1(c2cccc(-c3c(F)cncc3OC)c2)C2=C(N=NC2)NC2=C1C(=O)C(C)(C)C2. The van der Waals surface area contributed by atoms with Crippen LogP contribution in [0.1, 0.15) is 39.2 Å². The number of carbonyl (C=O) groups is 1. The molecule has 0 saturated carbocycles. The Labute approximate surface area is 186 Å². The molecule has 164 valence electrons. The summed E-state index contributed by atoms with van der Waals surface area (Å²) in [6.07, 6.45) is 3.98. The summed E-state index contributed by atoms with van der Waals surface area (Å²) in [7, 11) is 1.50. The predicted octanol–water partition coefficient (Wildman–Crippen LogP) is 5.08. The van der Waals surface area contributed by atoms with E-state index in [1.807, 2.05) is 38.1 Å². The molecular weight excluding hydrogens is 407 g/mol. The standard InChI is InChI=1S/C25H25FN4O2/c1-5-25(15-8-6-7-14(9-15)20-17(26)12-27-13-19(20)32-4)16-11-28-30-23(16)29-18-10-24(2,3)22(31)21(18)25/h6-9,12-13,29H,5,10-11H2,1-4H3/t25-/m1/s1. The number of rotatable bonds is 4. The van der Waals surface area contributed by atoms with Gasteiger partial charge >= 0.3 is 0 Å². The molecule has 0 unspecified atom stereocenters. The Kier molecular flexibility index (Phi) is 4.55. The van der Waals surface area contributed by atoms with Gasteiger partial charge in [0.2, 0.25) is 0 Å². The van der Waals surface area contributed by atoms with E-state index in [2.05, 4.69) is 27.5 Å². The molecule has 5 rings (SSSR count). The highest BCUT2D eigenvalue weighted by Gasteiger charge is 2.54. The first-order chi connectivity index (χ1) is 15.3. The number of hydrogen-bond donors (Lipinski definition) is 1. The van der Waals surface area contributed by atoms with Crippen LogP contribution in [0.4, 0.5) is 4.39 Å². The molecule has 1 N–H and O–H groups in total. The van der Waals surface area contributed by atoms with Crippen molar-refractivity contribution in [2.24, 2.45) is 15.6 Å². The van der Waals surface area contributed by atoms with E-state index in [1.54, 1.807) is 0 Å². The topological polar surface area (TPSA) is 75.9 Å². The number of benzene rings is 1. The van der Waals surface area contributed by atoms with Crippen LogP contribution >= 0.6 is 0 Å². The van der Waals surface area contributed by atoms with Crippen molar-refractivity contribution >= 4 is 5.78 Å². The maximum atomic E-state index is 14.8. The summed E-state index contributed by atoms with van der Waals surface area (Å²) in [5.74, 6) is 0.774. The predicted molar refractivity (Wildman–Crippen MR) is 118 cm³/mol. The van der Waals surface area contributed by atoms with Crippen LogP contribution in [0.25, 0.3) is 11.1 Å². The number of ether oxygens (including phenoxy) is 1. The molecular formula is C25H25FN4O2. The smallest absolute Gasteiger partial charge is 0.167 e. The molecule has 32 heavy (non-hydrogen) atoms. The maximum absolute atomic E-state index is 14.8. The number of ketones is 1. The highest BCUT2D eigenvalue weighted by Crippen LogP contribution is 2.55. The van der Waals surface area contributed by atoms with Crippen molar-refractivity contribution in [3.05, 3.63) is 70.7 Å². The second kappa shape index (κ2) is 7.08. The molecule has 3 aliphatic rings. The minimum Gasteiger partial charge on any atom is -0.494 e. The van der Waals surface area contributed by atoms with Crippen LogP contribution in [-0.4, -0.2) is 24.4 Å². The molecule has 7 heteroatoms. The van der Waals surface area contributed by atoms with Crippen LogP contribution < -0.4 is 10.1 Å². The van der Waals surface area contributed by atoms with Gasteiger partial charge in [0.25, 0.3) is 0 Å². The van der Waals surface area contributed by atoms with Crippen molar-refractivity contribution in [3.8, 4) is 16.9 Å². The highest BCUT2D eigenvalue weighted by molar-refractivity contribution is 6.06. The van der Waals surface area contributed by atoms with Crippen LogP contribution in [0.5, 0.6) is 5.75 Å². The summed E-state index contributed by atoms with van der Waals surface area (Å²) in [6, 6.07) is 7.72. The lowest BCUT2D eigenvalue weighted by Crippen LogP contribution is -2.41. The lowest BCUT2D eigenvalue weighted by atomic mass is 9.63. The fourth-order valence-corrected chi connectivity index (χ4v) is 5.39. The van der Waals surface area contributed by atoms with Gasteiger partial charge in [-0.15, -0.1) is 5.11 Å². The molecule has 0 bridgehead atoms. The zero-order chi connectivity index (χ0) is 22.7. The Hall–Kier alpha value is -3.35. The summed E-state index contributed by atoms with van der Waals surface area (Å²) in [5.41, 5.74) is 3.48. The summed E-state index contributed by atoms with van der Waals surface area (Å²) in [5, 5.41) is 12.0. The second-order valence-electron chi connectivity index (χ2n) is 9.13. The molecule has 1 aromatic heterocycles. The number of nitrogens with zero attached hydrogens (tertiary/aromatic N) is 3. The number of allylic oxidation sites excluding steroid dienone is 2. The molecule has 0 spiro atoms. The van der Waals surface area contributed by atoms with Gasteiger partial charge in [0.1, 0.15) is 5.75 Å². The third-order valence-corrected chi connectivity index (χ3v) is 6.92. The normalized spacial score (nSPS) is 23.3. The van der Waals surface area contributed by atoms with Crippen LogP contribution in [-0.2, 0) is 10.2 Å². The van der Waals surface area contributed by atoms with Crippen LogP contribution in [0.15, 0.2) is 69.6 Å². The van der Waals surface area contributed by atoms with E-state index >= 15 is 0 Å². The Morgan fingerprint density at radius 3 is 2.81 bits per heavy atom. The van der Waals surface area contributed by atoms with Crippen molar-refractivity contribution in [2.75, 3.05) is 13.7 Å². The monoisotopic (exact) mass is 432 g/mol. The molecule has 3 heterocycles. The zero-order valence-electron chi connectivity index (χ0n) is 18.6. The largest absolute Gasteiger partial charge is 0.494 e. The molecule has 6 nitrogen and oxygen atoms in total. The van der Waals surface area contributed by atoms with Crippen LogP contribution in [0.2, 0.25) is 0 Å².